The Labute approximate surface area is 210 Å². The zero-order valence-corrected chi connectivity index (χ0v) is 20.5. The van der Waals surface area contributed by atoms with Crippen LogP contribution in [-0.2, 0) is 22.6 Å². The molecule has 3 aromatic rings. The number of ether oxygens (including phenoxy) is 2. The second kappa shape index (κ2) is 11.9. The molecule has 0 aliphatic heterocycles. The third-order valence-corrected chi connectivity index (χ3v) is 5.56. The van der Waals surface area contributed by atoms with Gasteiger partial charge in [-0.1, -0.05) is 42.3 Å². The molecule has 0 saturated carbocycles. The van der Waals surface area contributed by atoms with Crippen LogP contribution in [0.15, 0.2) is 52.1 Å². The monoisotopic (exact) mass is 522 g/mol. The lowest BCUT2D eigenvalue weighted by molar-refractivity contribution is -0.141. The lowest BCUT2D eigenvalue weighted by Crippen LogP contribution is -2.44. The number of carboxylic acid groups (broad SMARTS) is 1. The Hall–Kier alpha value is -3.34. The molecule has 0 radical (unpaired) electrons. The van der Waals surface area contributed by atoms with Gasteiger partial charge in [-0.2, -0.15) is 4.98 Å². The van der Waals surface area contributed by atoms with Crippen LogP contribution in [0, 0.1) is 5.92 Å². The number of halogens is 2. The number of carbonyl (C=O) groups is 1. The third-order valence-electron chi connectivity index (χ3n) is 5.01. The maximum atomic E-state index is 13.3. The van der Waals surface area contributed by atoms with Gasteiger partial charge in [0, 0.05) is 24.4 Å². The first-order valence-corrected chi connectivity index (χ1v) is 11.3. The molecule has 1 aromatic heterocycles. The van der Waals surface area contributed by atoms with E-state index in [9.17, 15) is 19.5 Å². The van der Waals surface area contributed by atoms with Gasteiger partial charge >= 0.3 is 17.3 Å². The van der Waals surface area contributed by atoms with Gasteiger partial charge in [0.15, 0.2) is 0 Å². The lowest BCUT2D eigenvalue weighted by Gasteiger charge is -2.17. The summed E-state index contributed by atoms with van der Waals surface area (Å²) < 4.78 is 12.5. The number of nitrogens with zero attached hydrogens (tertiary/aromatic N) is 3. The standard InChI is InChI=1S/C23H24Cl2N4O6/c1-14(20(30)31)12-29-22(32)27-21(28(23(29)33)13-15-3-5-16(24)6-4-15)26-17-7-8-19(18(25)11-17)35-10-9-34-2/h3-8,11,14H,9-10,12-13H2,1-2H3,(H,30,31)(H,26,27,32)/t14-/m0/s1. The number of aromatic nitrogens is 3. The predicted octanol–water partition coefficient (Wildman–Crippen LogP) is 3.25. The normalized spacial score (nSPS) is 11.8. The number of aliphatic carboxylic acids is 1. The fourth-order valence-electron chi connectivity index (χ4n) is 3.11. The van der Waals surface area contributed by atoms with E-state index in [-0.39, 0.29) is 19.0 Å². The van der Waals surface area contributed by atoms with Crippen LogP contribution < -0.4 is 21.4 Å². The first-order chi connectivity index (χ1) is 16.7. The summed E-state index contributed by atoms with van der Waals surface area (Å²) in [5.41, 5.74) is -0.399. The van der Waals surface area contributed by atoms with E-state index in [0.717, 1.165) is 10.1 Å². The minimum absolute atomic E-state index is 0.0294. The fourth-order valence-corrected chi connectivity index (χ4v) is 3.47. The van der Waals surface area contributed by atoms with Crippen molar-refractivity contribution in [3.8, 4) is 5.75 Å². The van der Waals surface area contributed by atoms with E-state index in [2.05, 4.69) is 10.3 Å². The molecule has 0 unspecified atom stereocenters. The zero-order chi connectivity index (χ0) is 25.5. The number of rotatable bonds is 11. The van der Waals surface area contributed by atoms with E-state index in [4.69, 9.17) is 32.7 Å². The summed E-state index contributed by atoms with van der Waals surface area (Å²) in [6, 6.07) is 11.7. The van der Waals surface area contributed by atoms with E-state index in [1.165, 1.54) is 11.5 Å². The van der Waals surface area contributed by atoms with Crippen molar-refractivity contribution in [2.45, 2.75) is 20.0 Å². The minimum atomic E-state index is -1.13. The number of nitrogens with one attached hydrogen (secondary N) is 1. The molecule has 3 rings (SSSR count). The number of hydrogen-bond acceptors (Lipinski definition) is 7. The van der Waals surface area contributed by atoms with Crippen molar-refractivity contribution >= 4 is 40.8 Å². The Bertz CT molecular complexity index is 1310. The Morgan fingerprint density at radius 1 is 1.11 bits per heavy atom. The summed E-state index contributed by atoms with van der Waals surface area (Å²) in [4.78, 5) is 41.2. The van der Waals surface area contributed by atoms with Crippen LogP contribution in [0.4, 0.5) is 11.6 Å². The quantitative estimate of drug-likeness (QED) is 0.367. The molecule has 0 fully saturated rings. The van der Waals surface area contributed by atoms with Crippen molar-refractivity contribution in [1.29, 1.82) is 0 Å². The summed E-state index contributed by atoms with van der Waals surface area (Å²) >= 11 is 12.3. The van der Waals surface area contributed by atoms with Crippen LogP contribution in [0.3, 0.4) is 0 Å². The van der Waals surface area contributed by atoms with Gasteiger partial charge in [-0.25, -0.2) is 14.2 Å². The summed E-state index contributed by atoms with van der Waals surface area (Å²) in [5.74, 6) is -1.68. The van der Waals surface area contributed by atoms with Gasteiger partial charge < -0.3 is 19.9 Å². The molecule has 35 heavy (non-hydrogen) atoms. The molecule has 186 valence electrons. The molecule has 0 bridgehead atoms. The molecule has 10 nitrogen and oxygen atoms in total. The van der Waals surface area contributed by atoms with Crippen molar-refractivity contribution in [1.82, 2.24) is 14.1 Å². The van der Waals surface area contributed by atoms with Crippen molar-refractivity contribution in [2.75, 3.05) is 25.6 Å². The number of anilines is 2. The smallest absolute Gasteiger partial charge is 0.354 e. The molecular weight excluding hydrogens is 499 g/mol. The molecule has 0 aliphatic carbocycles. The van der Waals surface area contributed by atoms with E-state index in [0.29, 0.717) is 34.7 Å². The highest BCUT2D eigenvalue weighted by atomic mass is 35.5. The Morgan fingerprint density at radius 2 is 1.83 bits per heavy atom. The van der Waals surface area contributed by atoms with Crippen molar-refractivity contribution in [3.63, 3.8) is 0 Å². The van der Waals surface area contributed by atoms with Crippen LogP contribution >= 0.6 is 23.2 Å². The molecule has 2 N–H and O–H groups in total. The molecule has 1 heterocycles. The maximum Gasteiger partial charge on any atom is 0.354 e. The topological polar surface area (TPSA) is 125 Å². The second-order valence-corrected chi connectivity index (χ2v) is 8.52. The van der Waals surface area contributed by atoms with Gasteiger partial charge in [0.25, 0.3) is 0 Å². The van der Waals surface area contributed by atoms with Crippen molar-refractivity contribution in [2.24, 2.45) is 5.92 Å². The third kappa shape index (κ3) is 6.84. The average Bonchev–Trinajstić information content (AvgIpc) is 2.81. The Kier molecular flexibility index (Phi) is 8.91. The molecule has 1 atom stereocenters. The number of carboxylic acids is 1. The van der Waals surface area contributed by atoms with Crippen LogP contribution in [0.1, 0.15) is 12.5 Å². The Morgan fingerprint density at radius 3 is 2.46 bits per heavy atom. The van der Waals surface area contributed by atoms with Crippen LogP contribution in [-0.4, -0.2) is 45.5 Å². The minimum Gasteiger partial charge on any atom is -0.490 e. The fraction of sp³-hybridized carbons (Fsp3) is 0.304. The second-order valence-electron chi connectivity index (χ2n) is 7.67. The highest BCUT2D eigenvalue weighted by Crippen LogP contribution is 2.28. The number of methoxy groups -OCH3 is 1. The SMILES string of the molecule is COCCOc1ccc(Nc2nc(=O)n(C[C@H](C)C(=O)O)c(=O)n2Cc2ccc(Cl)cc2)cc1Cl. The van der Waals surface area contributed by atoms with Gasteiger partial charge in [-0.15, -0.1) is 0 Å². The molecule has 0 spiro atoms. The molecule has 0 saturated heterocycles. The van der Waals surface area contributed by atoms with Gasteiger partial charge in [0.05, 0.1) is 24.1 Å². The number of benzene rings is 2. The molecule has 12 heteroatoms. The maximum absolute atomic E-state index is 13.3. The molecule has 2 aromatic carbocycles. The zero-order valence-electron chi connectivity index (χ0n) is 19.0. The Balaban J connectivity index is 2.00. The van der Waals surface area contributed by atoms with Crippen LogP contribution in [0.25, 0.3) is 0 Å². The molecular formula is C23H24Cl2N4O6. The predicted molar refractivity (Wildman–Crippen MR) is 132 cm³/mol. The first-order valence-electron chi connectivity index (χ1n) is 10.6. The largest absolute Gasteiger partial charge is 0.490 e. The van der Waals surface area contributed by atoms with E-state index in [1.807, 2.05) is 0 Å². The lowest BCUT2D eigenvalue weighted by atomic mass is 10.2. The summed E-state index contributed by atoms with van der Waals surface area (Å²) in [5, 5.41) is 13.0. The van der Waals surface area contributed by atoms with Gasteiger partial charge in [0.1, 0.15) is 12.4 Å². The summed E-state index contributed by atoms with van der Waals surface area (Å²) in [6.07, 6.45) is 0. The van der Waals surface area contributed by atoms with Crippen molar-refractivity contribution in [3.05, 3.63) is 79.0 Å². The van der Waals surface area contributed by atoms with Gasteiger partial charge in [-0.05, 0) is 35.9 Å². The summed E-state index contributed by atoms with van der Waals surface area (Å²) in [6.45, 7) is 1.85. The first kappa shape index (κ1) is 26.3. The highest BCUT2D eigenvalue weighted by molar-refractivity contribution is 6.32. The summed E-state index contributed by atoms with van der Waals surface area (Å²) in [7, 11) is 1.56. The van der Waals surface area contributed by atoms with E-state index >= 15 is 0 Å². The average molecular weight is 523 g/mol. The highest BCUT2D eigenvalue weighted by Gasteiger charge is 2.19. The number of hydrogen-bond donors (Lipinski definition) is 2. The van der Waals surface area contributed by atoms with Gasteiger partial charge in [0.2, 0.25) is 5.95 Å². The van der Waals surface area contributed by atoms with Gasteiger partial charge in [-0.3, -0.25) is 9.36 Å². The van der Waals surface area contributed by atoms with Crippen LogP contribution in [0.2, 0.25) is 10.0 Å². The van der Waals surface area contributed by atoms with Crippen molar-refractivity contribution < 1.29 is 19.4 Å². The van der Waals surface area contributed by atoms with E-state index in [1.54, 1.807) is 49.6 Å². The molecule has 0 amide bonds. The van der Waals surface area contributed by atoms with E-state index < -0.39 is 23.3 Å². The van der Waals surface area contributed by atoms with Crippen LogP contribution in [0.5, 0.6) is 5.75 Å². The molecule has 0 aliphatic rings.